The van der Waals surface area contributed by atoms with E-state index in [0.29, 0.717) is 13.1 Å². The summed E-state index contributed by atoms with van der Waals surface area (Å²) in [6, 6.07) is 13.9. The maximum atomic E-state index is 12.7. The summed E-state index contributed by atoms with van der Waals surface area (Å²) in [6.07, 6.45) is 15.8. The van der Waals surface area contributed by atoms with Crippen molar-refractivity contribution in [3.8, 4) is 16.9 Å². The molecule has 35 heavy (non-hydrogen) atoms. The number of allylic oxidation sites excluding steroid dienone is 4. The molecule has 0 spiro atoms. The minimum Gasteiger partial charge on any atom is -0.496 e. The van der Waals surface area contributed by atoms with Crippen LogP contribution < -0.4 is 15.0 Å². The predicted molar refractivity (Wildman–Crippen MR) is 138 cm³/mol. The van der Waals surface area contributed by atoms with Gasteiger partial charge in [0, 0.05) is 48.9 Å². The molecule has 5 rings (SSSR count). The molecular formula is C29H27N3O3. The Morgan fingerprint density at radius 2 is 1.80 bits per heavy atom. The Bertz CT molecular complexity index is 1330. The Balaban J connectivity index is 1.28. The molecule has 176 valence electrons. The van der Waals surface area contributed by atoms with Crippen molar-refractivity contribution in [1.29, 1.82) is 0 Å². The van der Waals surface area contributed by atoms with Crippen molar-refractivity contribution in [2.75, 3.05) is 25.1 Å². The van der Waals surface area contributed by atoms with E-state index in [-0.39, 0.29) is 30.1 Å². The topological polar surface area (TPSA) is 71.5 Å². The summed E-state index contributed by atoms with van der Waals surface area (Å²) < 4.78 is 5.48. The first kappa shape index (κ1) is 22.6. The van der Waals surface area contributed by atoms with Crippen LogP contribution in [0.25, 0.3) is 21.9 Å². The van der Waals surface area contributed by atoms with Gasteiger partial charge in [-0.3, -0.25) is 14.6 Å². The van der Waals surface area contributed by atoms with Crippen molar-refractivity contribution in [2.45, 2.75) is 6.42 Å². The summed E-state index contributed by atoms with van der Waals surface area (Å²) >= 11 is 0. The first-order chi connectivity index (χ1) is 17.1. The van der Waals surface area contributed by atoms with Crippen molar-refractivity contribution in [3.05, 3.63) is 91.3 Å². The van der Waals surface area contributed by atoms with Gasteiger partial charge in [0.25, 0.3) is 0 Å². The number of aromatic nitrogens is 1. The fraction of sp³-hybridized carbons (Fsp3) is 0.207. The molecule has 1 aliphatic carbocycles. The number of nitrogens with one attached hydrogen (secondary N) is 1. The molecule has 1 unspecified atom stereocenters. The molecule has 0 radical (unpaired) electrons. The molecular weight excluding hydrogens is 438 g/mol. The summed E-state index contributed by atoms with van der Waals surface area (Å²) in [5, 5.41) is 5.01. The van der Waals surface area contributed by atoms with E-state index < -0.39 is 0 Å². The van der Waals surface area contributed by atoms with Gasteiger partial charge in [-0.05, 0) is 40.8 Å². The van der Waals surface area contributed by atoms with Gasteiger partial charge in [0.1, 0.15) is 5.75 Å². The summed E-state index contributed by atoms with van der Waals surface area (Å²) in [5.74, 6) is 0.479. The second-order valence-corrected chi connectivity index (χ2v) is 8.75. The third-order valence-electron chi connectivity index (χ3n) is 6.55. The van der Waals surface area contributed by atoms with E-state index in [2.05, 4.69) is 22.5 Å². The maximum absolute atomic E-state index is 12.7. The number of benzene rings is 2. The molecule has 1 atom stereocenters. The van der Waals surface area contributed by atoms with Gasteiger partial charge < -0.3 is 15.0 Å². The Hall–Kier alpha value is -4.19. The lowest BCUT2D eigenvalue weighted by atomic mass is 9.98. The number of fused-ring (bicyclic) bond motifs is 1. The maximum Gasteiger partial charge on any atom is 0.227 e. The number of carbonyl (C=O) groups excluding carboxylic acids is 2. The Kier molecular flexibility index (Phi) is 6.44. The molecule has 1 fully saturated rings. The van der Waals surface area contributed by atoms with Crippen molar-refractivity contribution in [1.82, 2.24) is 10.3 Å². The third-order valence-corrected chi connectivity index (χ3v) is 6.55. The zero-order valence-electron chi connectivity index (χ0n) is 19.6. The zero-order valence-corrected chi connectivity index (χ0v) is 19.6. The van der Waals surface area contributed by atoms with Crippen LogP contribution in [0.5, 0.6) is 5.75 Å². The largest absolute Gasteiger partial charge is 0.496 e. The molecule has 1 N–H and O–H groups in total. The highest BCUT2D eigenvalue weighted by molar-refractivity contribution is 6.02. The van der Waals surface area contributed by atoms with Crippen LogP contribution in [0.2, 0.25) is 0 Å². The standard InChI is InChI=1S/C29H27N3O3/c1-35-27-13-12-24(25-14-15-30-18-26(25)27)21-8-10-23(11-9-21)32-19-22(16-28(32)33)29(34)31-17-20-6-4-2-3-5-7-20/h2-15,18,20,22H,16-17,19H2,1H3,(H,31,34). The van der Waals surface area contributed by atoms with Crippen molar-refractivity contribution in [2.24, 2.45) is 11.8 Å². The summed E-state index contributed by atoms with van der Waals surface area (Å²) in [4.78, 5) is 31.4. The number of methoxy groups -OCH3 is 1. The van der Waals surface area contributed by atoms with E-state index in [4.69, 9.17) is 4.74 Å². The third kappa shape index (κ3) is 4.73. The van der Waals surface area contributed by atoms with E-state index in [1.54, 1.807) is 24.4 Å². The second-order valence-electron chi connectivity index (χ2n) is 8.75. The monoisotopic (exact) mass is 465 g/mol. The van der Waals surface area contributed by atoms with Crippen LogP contribution in [0.15, 0.2) is 91.3 Å². The van der Waals surface area contributed by atoms with Crippen LogP contribution >= 0.6 is 0 Å². The Morgan fingerprint density at radius 3 is 2.54 bits per heavy atom. The summed E-state index contributed by atoms with van der Waals surface area (Å²) in [6.45, 7) is 0.914. The molecule has 1 saturated heterocycles. The number of carbonyl (C=O) groups is 2. The molecule has 2 aliphatic rings. The van der Waals surface area contributed by atoms with E-state index in [0.717, 1.165) is 33.3 Å². The highest BCUT2D eigenvalue weighted by atomic mass is 16.5. The average molecular weight is 466 g/mol. The smallest absolute Gasteiger partial charge is 0.227 e. The first-order valence-corrected chi connectivity index (χ1v) is 11.7. The highest BCUT2D eigenvalue weighted by Crippen LogP contribution is 2.35. The first-order valence-electron chi connectivity index (χ1n) is 11.7. The van der Waals surface area contributed by atoms with Crippen molar-refractivity contribution in [3.63, 3.8) is 0 Å². The number of ether oxygens (including phenoxy) is 1. The van der Waals surface area contributed by atoms with Gasteiger partial charge in [-0.25, -0.2) is 0 Å². The lowest BCUT2D eigenvalue weighted by Crippen LogP contribution is -2.35. The summed E-state index contributed by atoms with van der Waals surface area (Å²) in [5.41, 5.74) is 2.90. The van der Waals surface area contributed by atoms with Gasteiger partial charge in [0.2, 0.25) is 11.8 Å². The fourth-order valence-electron chi connectivity index (χ4n) is 4.65. The van der Waals surface area contributed by atoms with Gasteiger partial charge >= 0.3 is 0 Å². The van der Waals surface area contributed by atoms with E-state index in [9.17, 15) is 9.59 Å². The Morgan fingerprint density at radius 1 is 1.03 bits per heavy atom. The molecule has 6 heteroatoms. The van der Waals surface area contributed by atoms with Gasteiger partial charge in [-0.2, -0.15) is 0 Å². The zero-order chi connectivity index (χ0) is 24.2. The van der Waals surface area contributed by atoms with E-state index in [1.807, 2.05) is 66.8 Å². The summed E-state index contributed by atoms with van der Waals surface area (Å²) in [7, 11) is 1.65. The normalized spacial score (nSPS) is 17.7. The molecule has 2 amide bonds. The predicted octanol–water partition coefficient (Wildman–Crippen LogP) is 4.68. The minimum atomic E-state index is -0.350. The number of rotatable bonds is 6. The molecule has 0 saturated carbocycles. The van der Waals surface area contributed by atoms with Crippen molar-refractivity contribution < 1.29 is 14.3 Å². The van der Waals surface area contributed by atoms with Crippen LogP contribution in [0.3, 0.4) is 0 Å². The molecule has 6 nitrogen and oxygen atoms in total. The van der Waals surface area contributed by atoms with Gasteiger partial charge in [-0.1, -0.05) is 54.7 Å². The average Bonchev–Trinajstić information content (AvgIpc) is 3.10. The van der Waals surface area contributed by atoms with Gasteiger partial charge in [-0.15, -0.1) is 0 Å². The molecule has 0 bridgehead atoms. The highest BCUT2D eigenvalue weighted by Gasteiger charge is 2.35. The molecule has 1 aliphatic heterocycles. The fourth-order valence-corrected chi connectivity index (χ4v) is 4.65. The van der Waals surface area contributed by atoms with E-state index >= 15 is 0 Å². The van der Waals surface area contributed by atoms with Crippen LogP contribution in [-0.4, -0.2) is 37.0 Å². The van der Waals surface area contributed by atoms with Crippen LogP contribution in [0.4, 0.5) is 5.69 Å². The van der Waals surface area contributed by atoms with Crippen LogP contribution in [0, 0.1) is 11.8 Å². The molecule has 2 aromatic carbocycles. The van der Waals surface area contributed by atoms with Gasteiger partial charge in [0.05, 0.1) is 13.0 Å². The molecule has 1 aromatic heterocycles. The lowest BCUT2D eigenvalue weighted by molar-refractivity contribution is -0.126. The van der Waals surface area contributed by atoms with Crippen LogP contribution in [-0.2, 0) is 9.59 Å². The number of hydrogen-bond donors (Lipinski definition) is 1. The quantitative estimate of drug-likeness (QED) is 0.574. The second kappa shape index (κ2) is 9.97. The number of hydrogen-bond acceptors (Lipinski definition) is 4. The Labute approximate surface area is 204 Å². The SMILES string of the molecule is COc1ccc(-c2ccc(N3CC(C(=O)NCC4C=CC=CC=C4)CC3=O)cc2)c2ccncc12. The number of pyridine rings is 1. The number of nitrogens with zero attached hydrogens (tertiary/aromatic N) is 2. The number of amides is 2. The van der Waals surface area contributed by atoms with E-state index in [1.165, 1.54) is 0 Å². The molecule has 2 heterocycles. The minimum absolute atomic E-state index is 0.0303. The molecule has 3 aromatic rings. The van der Waals surface area contributed by atoms with Crippen LogP contribution in [0.1, 0.15) is 6.42 Å². The van der Waals surface area contributed by atoms with Gasteiger partial charge in [0.15, 0.2) is 0 Å². The number of anilines is 1. The lowest BCUT2D eigenvalue weighted by Gasteiger charge is -2.18. The van der Waals surface area contributed by atoms with Crippen molar-refractivity contribution >= 4 is 28.3 Å².